The van der Waals surface area contributed by atoms with Crippen LogP contribution in [-0.4, -0.2) is 11.5 Å². The molecule has 0 saturated heterocycles. The van der Waals surface area contributed by atoms with Crippen molar-refractivity contribution >= 4 is 29.1 Å². The van der Waals surface area contributed by atoms with Crippen molar-refractivity contribution in [3.8, 4) is 0 Å². The van der Waals surface area contributed by atoms with E-state index in [-0.39, 0.29) is 5.92 Å². The second kappa shape index (κ2) is 7.35. The molecule has 104 valence electrons. The number of ketones is 1. The first-order valence-electron chi connectivity index (χ1n) is 7.10. The molecule has 0 heterocycles. The number of carbonyl (C=O) groups is 1. The Balaban J connectivity index is 1.81. The minimum Gasteiger partial charge on any atom is -0.298 e. The van der Waals surface area contributed by atoms with Gasteiger partial charge in [0.15, 0.2) is 0 Å². The lowest BCUT2D eigenvalue weighted by Gasteiger charge is -2.26. The smallest absolute Gasteiger partial charge is 0.146 e. The molecule has 1 saturated carbocycles. The maximum atomic E-state index is 12.2. The molecule has 0 aliphatic heterocycles. The van der Waals surface area contributed by atoms with Crippen LogP contribution >= 0.6 is 23.4 Å². The zero-order chi connectivity index (χ0) is 13.7. The van der Waals surface area contributed by atoms with Gasteiger partial charge >= 0.3 is 0 Å². The summed E-state index contributed by atoms with van der Waals surface area (Å²) in [5, 5.41) is 0.745. The molecule has 1 aliphatic carbocycles. The SMILES string of the molecule is CCC1CCC(C(=O)CSc2ccccc2Cl)CC1. The van der Waals surface area contributed by atoms with E-state index in [4.69, 9.17) is 11.6 Å². The molecule has 2 rings (SSSR count). The number of Topliss-reactive ketones (excluding diaryl/α,β-unsaturated/α-hetero) is 1. The molecule has 1 aromatic carbocycles. The summed E-state index contributed by atoms with van der Waals surface area (Å²) in [7, 11) is 0. The average Bonchev–Trinajstić information content (AvgIpc) is 2.46. The van der Waals surface area contributed by atoms with Gasteiger partial charge in [0.2, 0.25) is 0 Å². The summed E-state index contributed by atoms with van der Waals surface area (Å²) < 4.78 is 0. The Kier molecular flexibility index (Phi) is 5.77. The lowest BCUT2D eigenvalue weighted by atomic mass is 9.79. The van der Waals surface area contributed by atoms with Gasteiger partial charge in [-0.3, -0.25) is 4.79 Å². The van der Waals surface area contributed by atoms with Crippen molar-refractivity contribution < 1.29 is 4.79 Å². The van der Waals surface area contributed by atoms with E-state index in [0.29, 0.717) is 11.5 Å². The van der Waals surface area contributed by atoms with Crippen LogP contribution in [0.1, 0.15) is 39.0 Å². The zero-order valence-corrected chi connectivity index (χ0v) is 13.0. The second-order valence-electron chi connectivity index (χ2n) is 5.31. The summed E-state index contributed by atoms with van der Waals surface area (Å²) in [5.41, 5.74) is 0. The highest BCUT2D eigenvalue weighted by atomic mass is 35.5. The van der Waals surface area contributed by atoms with Crippen LogP contribution in [0.15, 0.2) is 29.2 Å². The van der Waals surface area contributed by atoms with E-state index in [9.17, 15) is 4.79 Å². The van der Waals surface area contributed by atoms with Gasteiger partial charge in [-0.15, -0.1) is 11.8 Å². The van der Waals surface area contributed by atoms with Crippen molar-refractivity contribution in [3.05, 3.63) is 29.3 Å². The monoisotopic (exact) mass is 296 g/mol. The summed E-state index contributed by atoms with van der Waals surface area (Å²) in [6, 6.07) is 7.74. The van der Waals surface area contributed by atoms with Crippen LogP contribution in [0.4, 0.5) is 0 Å². The summed E-state index contributed by atoms with van der Waals surface area (Å²) in [6.07, 6.45) is 5.88. The lowest BCUT2D eigenvalue weighted by Crippen LogP contribution is -2.23. The third-order valence-electron chi connectivity index (χ3n) is 4.09. The third-order valence-corrected chi connectivity index (χ3v) is 5.62. The fraction of sp³-hybridized carbons (Fsp3) is 0.562. The van der Waals surface area contributed by atoms with Gasteiger partial charge < -0.3 is 0 Å². The van der Waals surface area contributed by atoms with E-state index in [1.165, 1.54) is 19.3 Å². The van der Waals surface area contributed by atoms with Crippen molar-refractivity contribution in [1.82, 2.24) is 0 Å². The molecule has 0 spiro atoms. The number of halogens is 1. The number of thioether (sulfide) groups is 1. The maximum absolute atomic E-state index is 12.2. The molecule has 1 aromatic rings. The molecule has 0 bridgehead atoms. The van der Waals surface area contributed by atoms with Gasteiger partial charge in [0, 0.05) is 10.8 Å². The topological polar surface area (TPSA) is 17.1 Å². The number of carbonyl (C=O) groups excluding carboxylic acids is 1. The van der Waals surface area contributed by atoms with Crippen LogP contribution in [-0.2, 0) is 4.79 Å². The minimum atomic E-state index is 0.290. The molecule has 1 fully saturated rings. The second-order valence-corrected chi connectivity index (χ2v) is 6.74. The quantitative estimate of drug-likeness (QED) is 0.693. The molecule has 0 N–H and O–H groups in total. The van der Waals surface area contributed by atoms with E-state index >= 15 is 0 Å². The van der Waals surface area contributed by atoms with E-state index in [0.717, 1.165) is 28.7 Å². The maximum Gasteiger partial charge on any atom is 0.146 e. The van der Waals surface area contributed by atoms with Crippen LogP contribution in [0, 0.1) is 11.8 Å². The Labute approximate surface area is 125 Å². The van der Waals surface area contributed by atoms with E-state index in [1.54, 1.807) is 11.8 Å². The van der Waals surface area contributed by atoms with E-state index in [2.05, 4.69) is 6.92 Å². The van der Waals surface area contributed by atoms with Crippen LogP contribution in [0.5, 0.6) is 0 Å². The van der Waals surface area contributed by atoms with Crippen molar-refractivity contribution in [2.24, 2.45) is 11.8 Å². The first-order valence-corrected chi connectivity index (χ1v) is 8.47. The molecule has 1 nitrogen and oxygen atoms in total. The molecule has 0 aromatic heterocycles. The van der Waals surface area contributed by atoms with Crippen LogP contribution in [0.2, 0.25) is 5.02 Å². The highest BCUT2D eigenvalue weighted by Gasteiger charge is 2.25. The van der Waals surface area contributed by atoms with Crippen LogP contribution in [0.3, 0.4) is 0 Å². The predicted molar refractivity (Wildman–Crippen MR) is 82.9 cm³/mol. The molecule has 0 amide bonds. The van der Waals surface area contributed by atoms with Crippen molar-refractivity contribution in [2.75, 3.05) is 5.75 Å². The molecule has 1 aliphatic rings. The Morgan fingerprint density at radius 1 is 1.26 bits per heavy atom. The number of benzene rings is 1. The summed E-state index contributed by atoms with van der Waals surface area (Å²) in [5.74, 6) is 2.10. The van der Waals surface area contributed by atoms with Gasteiger partial charge in [0.1, 0.15) is 5.78 Å². The highest BCUT2D eigenvalue weighted by Crippen LogP contribution is 2.33. The Hall–Kier alpha value is -0.470. The Bertz CT molecular complexity index is 425. The number of rotatable bonds is 5. The number of hydrogen-bond donors (Lipinski definition) is 0. The fourth-order valence-electron chi connectivity index (χ4n) is 2.72. The number of hydrogen-bond acceptors (Lipinski definition) is 2. The Morgan fingerprint density at radius 2 is 1.95 bits per heavy atom. The average molecular weight is 297 g/mol. The van der Waals surface area contributed by atoms with Gasteiger partial charge in [-0.25, -0.2) is 0 Å². The van der Waals surface area contributed by atoms with Gasteiger partial charge in [-0.1, -0.05) is 37.1 Å². The molecular formula is C16H21ClOS. The molecule has 19 heavy (non-hydrogen) atoms. The minimum absolute atomic E-state index is 0.290. The molecule has 0 radical (unpaired) electrons. The van der Waals surface area contributed by atoms with Crippen molar-refractivity contribution in [3.63, 3.8) is 0 Å². The normalized spacial score (nSPS) is 23.3. The fourth-order valence-corrected chi connectivity index (χ4v) is 3.93. The molecule has 0 atom stereocenters. The molecule has 0 unspecified atom stereocenters. The van der Waals surface area contributed by atoms with Gasteiger partial charge in [-0.05, 0) is 43.7 Å². The standard InChI is InChI=1S/C16H21ClOS/c1-2-12-7-9-13(10-8-12)15(18)11-19-16-6-4-3-5-14(16)17/h3-6,12-13H,2,7-11H2,1H3. The van der Waals surface area contributed by atoms with Crippen LogP contribution < -0.4 is 0 Å². The van der Waals surface area contributed by atoms with Crippen molar-refractivity contribution in [2.45, 2.75) is 43.9 Å². The molecular weight excluding hydrogens is 276 g/mol. The van der Waals surface area contributed by atoms with Gasteiger partial charge in [0.25, 0.3) is 0 Å². The van der Waals surface area contributed by atoms with Crippen molar-refractivity contribution in [1.29, 1.82) is 0 Å². The first kappa shape index (κ1) is 14.9. The largest absolute Gasteiger partial charge is 0.298 e. The molecule has 3 heteroatoms. The van der Waals surface area contributed by atoms with E-state index in [1.807, 2.05) is 24.3 Å². The highest BCUT2D eigenvalue weighted by molar-refractivity contribution is 8.00. The summed E-state index contributed by atoms with van der Waals surface area (Å²) in [6.45, 7) is 2.25. The van der Waals surface area contributed by atoms with Gasteiger partial charge in [0.05, 0.1) is 10.8 Å². The summed E-state index contributed by atoms with van der Waals surface area (Å²) in [4.78, 5) is 13.2. The third kappa shape index (κ3) is 4.25. The summed E-state index contributed by atoms with van der Waals surface area (Å²) >= 11 is 7.67. The predicted octanol–water partition coefficient (Wildman–Crippen LogP) is 5.22. The first-order chi connectivity index (χ1) is 9.20. The Morgan fingerprint density at radius 3 is 2.58 bits per heavy atom. The zero-order valence-electron chi connectivity index (χ0n) is 11.4. The lowest BCUT2D eigenvalue weighted by molar-refractivity contribution is -0.121. The van der Waals surface area contributed by atoms with Gasteiger partial charge in [-0.2, -0.15) is 0 Å². The van der Waals surface area contributed by atoms with Crippen LogP contribution in [0.25, 0.3) is 0 Å². The van der Waals surface area contributed by atoms with E-state index < -0.39 is 0 Å².